The Balaban J connectivity index is 2.65. The lowest BCUT2D eigenvalue weighted by Crippen LogP contribution is -2.33. The molecule has 0 aromatic heterocycles. The highest BCUT2D eigenvalue weighted by molar-refractivity contribution is 5.83. The standard InChI is InChI=1S/C7H12N2O2/c1-4-2-6(8)9-3-5(4)7(10)11/h4-5H,2-3H2,1H3,(H2,8,9)(H,10,11)/t4-,5-/m1/s1. The van der Waals surface area contributed by atoms with Crippen molar-refractivity contribution >= 4 is 11.8 Å². The van der Waals surface area contributed by atoms with Crippen LogP contribution in [0.15, 0.2) is 4.99 Å². The van der Waals surface area contributed by atoms with Gasteiger partial charge in [-0.3, -0.25) is 9.79 Å². The van der Waals surface area contributed by atoms with Crippen LogP contribution >= 0.6 is 0 Å². The van der Waals surface area contributed by atoms with Crippen molar-refractivity contribution < 1.29 is 9.90 Å². The third-order valence-electron chi connectivity index (χ3n) is 2.03. The lowest BCUT2D eigenvalue weighted by Gasteiger charge is -2.22. The molecule has 0 aliphatic carbocycles. The zero-order chi connectivity index (χ0) is 8.43. The van der Waals surface area contributed by atoms with Crippen LogP contribution in [0.1, 0.15) is 13.3 Å². The van der Waals surface area contributed by atoms with Crippen LogP contribution in [-0.4, -0.2) is 23.5 Å². The molecule has 11 heavy (non-hydrogen) atoms. The summed E-state index contributed by atoms with van der Waals surface area (Å²) in [7, 11) is 0. The molecule has 1 aliphatic rings. The molecule has 0 saturated carbocycles. The zero-order valence-corrected chi connectivity index (χ0v) is 6.45. The summed E-state index contributed by atoms with van der Waals surface area (Å²) in [5.74, 6) is -0.420. The number of nitrogens with zero attached hydrogens (tertiary/aromatic N) is 1. The molecule has 0 aromatic carbocycles. The van der Waals surface area contributed by atoms with Gasteiger partial charge in [0.2, 0.25) is 0 Å². The molecule has 62 valence electrons. The van der Waals surface area contributed by atoms with Gasteiger partial charge in [0, 0.05) is 6.42 Å². The topological polar surface area (TPSA) is 75.7 Å². The fourth-order valence-electron chi connectivity index (χ4n) is 1.25. The lowest BCUT2D eigenvalue weighted by molar-refractivity contribution is -0.143. The molecule has 0 spiro atoms. The fourth-order valence-corrected chi connectivity index (χ4v) is 1.25. The second kappa shape index (κ2) is 2.90. The first-order valence-corrected chi connectivity index (χ1v) is 3.63. The van der Waals surface area contributed by atoms with Crippen LogP contribution in [0.3, 0.4) is 0 Å². The second-order valence-electron chi connectivity index (χ2n) is 2.96. The van der Waals surface area contributed by atoms with E-state index in [4.69, 9.17) is 10.8 Å². The van der Waals surface area contributed by atoms with Crippen molar-refractivity contribution in [2.45, 2.75) is 13.3 Å². The predicted octanol–water partition coefficient (Wildman–Crippen LogP) is 0.0842. The SMILES string of the molecule is C[C@@H]1CC(N)=NC[C@H]1C(=O)O. The van der Waals surface area contributed by atoms with Gasteiger partial charge in [-0.1, -0.05) is 6.92 Å². The quantitative estimate of drug-likeness (QED) is 0.564. The van der Waals surface area contributed by atoms with E-state index in [1.165, 1.54) is 0 Å². The van der Waals surface area contributed by atoms with Gasteiger partial charge in [-0.2, -0.15) is 0 Å². The molecule has 0 saturated heterocycles. The van der Waals surface area contributed by atoms with Crippen LogP contribution < -0.4 is 5.73 Å². The summed E-state index contributed by atoms with van der Waals surface area (Å²) in [4.78, 5) is 14.5. The van der Waals surface area contributed by atoms with Crippen molar-refractivity contribution in [2.75, 3.05) is 6.54 Å². The molecule has 1 rings (SSSR count). The third-order valence-corrected chi connectivity index (χ3v) is 2.03. The molecule has 0 unspecified atom stereocenters. The van der Waals surface area contributed by atoms with Crippen molar-refractivity contribution in [1.82, 2.24) is 0 Å². The molecule has 4 heteroatoms. The summed E-state index contributed by atoms with van der Waals surface area (Å²) < 4.78 is 0. The smallest absolute Gasteiger partial charge is 0.308 e. The van der Waals surface area contributed by atoms with Crippen molar-refractivity contribution in [3.63, 3.8) is 0 Å². The normalized spacial score (nSPS) is 31.2. The fraction of sp³-hybridized carbons (Fsp3) is 0.714. The molecular formula is C7H12N2O2. The Labute approximate surface area is 65.1 Å². The van der Waals surface area contributed by atoms with Crippen molar-refractivity contribution in [1.29, 1.82) is 0 Å². The highest BCUT2D eigenvalue weighted by atomic mass is 16.4. The molecule has 0 aromatic rings. The summed E-state index contributed by atoms with van der Waals surface area (Å²) in [6, 6.07) is 0. The monoisotopic (exact) mass is 156 g/mol. The van der Waals surface area contributed by atoms with Crippen LogP contribution in [-0.2, 0) is 4.79 Å². The Kier molecular flexibility index (Phi) is 2.12. The number of aliphatic carboxylic acids is 1. The van der Waals surface area contributed by atoms with Gasteiger partial charge in [-0.15, -0.1) is 0 Å². The van der Waals surface area contributed by atoms with Gasteiger partial charge in [-0.25, -0.2) is 0 Å². The summed E-state index contributed by atoms with van der Waals surface area (Å²) in [5.41, 5.74) is 5.44. The number of hydrogen-bond donors (Lipinski definition) is 2. The van der Waals surface area contributed by atoms with Gasteiger partial charge >= 0.3 is 5.97 Å². The third kappa shape index (κ3) is 1.69. The Bertz CT molecular complexity index is 201. The molecule has 2 atom stereocenters. The second-order valence-corrected chi connectivity index (χ2v) is 2.96. The molecule has 1 aliphatic heterocycles. The summed E-state index contributed by atoms with van der Waals surface area (Å²) in [6.45, 7) is 2.22. The van der Waals surface area contributed by atoms with E-state index in [0.29, 0.717) is 18.8 Å². The Morgan fingerprint density at radius 2 is 2.45 bits per heavy atom. The highest BCUT2D eigenvalue weighted by Gasteiger charge is 2.27. The average Bonchev–Trinajstić information content (AvgIpc) is 1.85. The van der Waals surface area contributed by atoms with Crippen LogP contribution in [0.4, 0.5) is 0 Å². The molecule has 0 bridgehead atoms. The van der Waals surface area contributed by atoms with Crippen molar-refractivity contribution in [2.24, 2.45) is 22.6 Å². The van der Waals surface area contributed by atoms with Crippen LogP contribution in [0.5, 0.6) is 0 Å². The van der Waals surface area contributed by atoms with Gasteiger partial charge in [0.25, 0.3) is 0 Å². The molecule has 1 heterocycles. The van der Waals surface area contributed by atoms with E-state index < -0.39 is 5.97 Å². The first kappa shape index (κ1) is 8.04. The van der Waals surface area contributed by atoms with E-state index in [9.17, 15) is 4.79 Å². The van der Waals surface area contributed by atoms with Gasteiger partial charge in [0.15, 0.2) is 0 Å². The number of nitrogens with two attached hydrogens (primary N) is 1. The highest BCUT2D eigenvalue weighted by Crippen LogP contribution is 2.20. The maximum atomic E-state index is 10.6. The first-order chi connectivity index (χ1) is 5.11. The van der Waals surface area contributed by atoms with Crippen LogP contribution in [0.25, 0.3) is 0 Å². The largest absolute Gasteiger partial charge is 0.481 e. The van der Waals surface area contributed by atoms with Gasteiger partial charge in [-0.05, 0) is 5.92 Å². The van der Waals surface area contributed by atoms with Crippen molar-refractivity contribution in [3.8, 4) is 0 Å². The Morgan fingerprint density at radius 3 is 2.91 bits per heavy atom. The van der Waals surface area contributed by atoms with Gasteiger partial charge in [0.05, 0.1) is 18.3 Å². The van der Waals surface area contributed by atoms with Crippen LogP contribution in [0.2, 0.25) is 0 Å². The molecule has 4 nitrogen and oxygen atoms in total. The Hall–Kier alpha value is -1.06. The number of rotatable bonds is 1. The molecule has 3 N–H and O–H groups in total. The minimum atomic E-state index is -0.770. The van der Waals surface area contributed by atoms with Gasteiger partial charge < -0.3 is 10.8 Å². The molecule has 0 amide bonds. The minimum absolute atomic E-state index is 0.116. The van der Waals surface area contributed by atoms with Crippen LogP contribution in [0, 0.1) is 11.8 Å². The maximum Gasteiger partial charge on any atom is 0.308 e. The number of aliphatic imine (C=N–C) groups is 1. The van der Waals surface area contributed by atoms with E-state index in [-0.39, 0.29) is 11.8 Å². The van der Waals surface area contributed by atoms with Gasteiger partial charge in [0.1, 0.15) is 0 Å². The number of carboxylic acid groups (broad SMARTS) is 1. The summed E-state index contributed by atoms with van der Waals surface area (Å²) in [6.07, 6.45) is 0.608. The van der Waals surface area contributed by atoms with E-state index in [2.05, 4.69) is 4.99 Å². The first-order valence-electron chi connectivity index (χ1n) is 3.63. The Morgan fingerprint density at radius 1 is 1.82 bits per heavy atom. The minimum Gasteiger partial charge on any atom is -0.481 e. The van der Waals surface area contributed by atoms with E-state index in [1.807, 2.05) is 6.92 Å². The molecule has 0 radical (unpaired) electrons. The van der Waals surface area contributed by atoms with Crippen molar-refractivity contribution in [3.05, 3.63) is 0 Å². The van der Waals surface area contributed by atoms with E-state index in [1.54, 1.807) is 0 Å². The number of carbonyl (C=O) groups is 1. The maximum absolute atomic E-state index is 10.6. The predicted molar refractivity (Wildman–Crippen MR) is 41.4 cm³/mol. The number of hydrogen-bond acceptors (Lipinski definition) is 3. The zero-order valence-electron chi connectivity index (χ0n) is 6.45. The molecule has 0 fully saturated rings. The summed E-state index contributed by atoms with van der Waals surface area (Å²) in [5, 5.41) is 8.68. The number of carboxylic acids is 1. The molecular weight excluding hydrogens is 144 g/mol. The van der Waals surface area contributed by atoms with E-state index >= 15 is 0 Å². The number of amidine groups is 1. The summed E-state index contributed by atoms with van der Waals surface area (Å²) >= 11 is 0. The average molecular weight is 156 g/mol. The van der Waals surface area contributed by atoms with E-state index in [0.717, 1.165) is 0 Å². The lowest BCUT2D eigenvalue weighted by atomic mass is 9.89.